The van der Waals surface area contributed by atoms with Gasteiger partial charge in [0.05, 0.1) is 11.1 Å². The summed E-state index contributed by atoms with van der Waals surface area (Å²) in [5.74, 6) is 0.0789. The predicted molar refractivity (Wildman–Crippen MR) is 81.9 cm³/mol. The number of fused-ring (bicyclic) bond motifs is 1. The number of likely N-dealkylation sites (tertiary alicyclic amines) is 1. The van der Waals surface area contributed by atoms with Gasteiger partial charge in [-0.3, -0.25) is 9.78 Å². The third-order valence-electron chi connectivity index (χ3n) is 4.40. The predicted octanol–water partition coefficient (Wildman–Crippen LogP) is 2.37. The second kappa shape index (κ2) is 5.11. The van der Waals surface area contributed by atoms with Crippen LogP contribution in [0, 0.1) is 6.92 Å². The fraction of sp³-hybridized carbons (Fsp3) is 0.412. The number of piperidine rings is 1. The van der Waals surface area contributed by atoms with E-state index in [4.69, 9.17) is 0 Å². The number of hydrogen-bond donors (Lipinski definition) is 1. The Hall–Kier alpha value is -1.94. The smallest absolute Gasteiger partial charge is 0.219 e. The van der Waals surface area contributed by atoms with E-state index in [0.29, 0.717) is 25.9 Å². The number of carbonyl (C=O) groups excluding carboxylic acids is 1. The Morgan fingerprint density at radius 2 is 1.95 bits per heavy atom. The summed E-state index contributed by atoms with van der Waals surface area (Å²) in [7, 11) is 0. The van der Waals surface area contributed by atoms with Gasteiger partial charge in [0.25, 0.3) is 0 Å². The Balaban J connectivity index is 1.89. The van der Waals surface area contributed by atoms with Crippen molar-refractivity contribution in [3.63, 3.8) is 0 Å². The van der Waals surface area contributed by atoms with Crippen LogP contribution in [0.3, 0.4) is 0 Å². The zero-order valence-corrected chi connectivity index (χ0v) is 12.5. The first-order valence-electron chi connectivity index (χ1n) is 7.34. The van der Waals surface area contributed by atoms with E-state index >= 15 is 0 Å². The molecule has 21 heavy (non-hydrogen) atoms. The molecule has 0 atom stereocenters. The number of aryl methyl sites for hydroxylation is 1. The van der Waals surface area contributed by atoms with Gasteiger partial charge in [0.2, 0.25) is 5.91 Å². The van der Waals surface area contributed by atoms with E-state index in [1.807, 2.05) is 37.3 Å². The average molecular weight is 284 g/mol. The molecule has 0 bridgehead atoms. The Morgan fingerprint density at radius 1 is 1.24 bits per heavy atom. The molecule has 1 saturated heterocycles. The number of aliphatic hydroxyl groups is 1. The van der Waals surface area contributed by atoms with Crippen molar-refractivity contribution in [2.45, 2.75) is 32.3 Å². The highest BCUT2D eigenvalue weighted by Gasteiger charge is 2.34. The lowest BCUT2D eigenvalue weighted by molar-refractivity contribution is -0.133. The van der Waals surface area contributed by atoms with E-state index in [1.54, 1.807) is 11.8 Å². The van der Waals surface area contributed by atoms with Gasteiger partial charge in [-0.1, -0.05) is 12.1 Å². The largest absolute Gasteiger partial charge is 0.385 e. The van der Waals surface area contributed by atoms with Gasteiger partial charge < -0.3 is 10.0 Å². The molecule has 2 heterocycles. The molecule has 4 heteroatoms. The molecule has 1 aromatic carbocycles. The van der Waals surface area contributed by atoms with Crippen LogP contribution in [0.15, 0.2) is 30.3 Å². The minimum absolute atomic E-state index is 0.0789. The zero-order chi connectivity index (χ0) is 15.0. The van der Waals surface area contributed by atoms with E-state index in [0.717, 1.165) is 22.2 Å². The Bertz CT molecular complexity index is 688. The zero-order valence-electron chi connectivity index (χ0n) is 12.5. The van der Waals surface area contributed by atoms with Crippen molar-refractivity contribution >= 4 is 16.8 Å². The number of rotatable bonds is 1. The fourth-order valence-electron chi connectivity index (χ4n) is 3.00. The summed E-state index contributed by atoms with van der Waals surface area (Å²) in [5, 5.41) is 11.9. The molecule has 1 amide bonds. The van der Waals surface area contributed by atoms with E-state index in [2.05, 4.69) is 4.98 Å². The minimum atomic E-state index is -0.842. The maximum absolute atomic E-state index is 11.4. The number of nitrogens with zero attached hydrogens (tertiary/aromatic N) is 2. The second-order valence-corrected chi connectivity index (χ2v) is 5.90. The average Bonchev–Trinajstić information content (AvgIpc) is 2.47. The lowest BCUT2D eigenvalue weighted by atomic mass is 9.84. The quantitative estimate of drug-likeness (QED) is 0.874. The second-order valence-electron chi connectivity index (χ2n) is 5.90. The molecular formula is C17H20N2O2. The van der Waals surface area contributed by atoms with Gasteiger partial charge in [-0.05, 0) is 43.5 Å². The summed E-state index contributed by atoms with van der Waals surface area (Å²) < 4.78 is 0. The summed E-state index contributed by atoms with van der Waals surface area (Å²) in [5.41, 5.74) is 2.02. The first-order chi connectivity index (χ1) is 9.98. The molecule has 1 aromatic heterocycles. The van der Waals surface area contributed by atoms with Crippen LogP contribution in [0.25, 0.3) is 10.9 Å². The molecule has 0 radical (unpaired) electrons. The Morgan fingerprint density at radius 3 is 2.62 bits per heavy atom. The topological polar surface area (TPSA) is 53.4 Å². The molecule has 0 unspecified atom stereocenters. The minimum Gasteiger partial charge on any atom is -0.385 e. The Kier molecular flexibility index (Phi) is 3.41. The van der Waals surface area contributed by atoms with Crippen molar-refractivity contribution in [3.05, 3.63) is 41.6 Å². The number of carbonyl (C=O) groups is 1. The third-order valence-corrected chi connectivity index (χ3v) is 4.40. The van der Waals surface area contributed by atoms with E-state index in [1.165, 1.54) is 0 Å². The van der Waals surface area contributed by atoms with E-state index < -0.39 is 5.60 Å². The summed E-state index contributed by atoms with van der Waals surface area (Å²) in [6, 6.07) is 9.96. The van der Waals surface area contributed by atoms with Gasteiger partial charge >= 0.3 is 0 Å². The SMILES string of the molecule is CC(=O)N1CCC(O)(c2ccc3nc(C)ccc3c2)CC1. The van der Waals surface area contributed by atoms with Gasteiger partial charge in [0.1, 0.15) is 0 Å². The number of benzene rings is 1. The number of amides is 1. The van der Waals surface area contributed by atoms with E-state index in [-0.39, 0.29) is 5.91 Å². The maximum Gasteiger partial charge on any atom is 0.219 e. The van der Waals surface area contributed by atoms with Crippen molar-refractivity contribution in [1.29, 1.82) is 0 Å². The van der Waals surface area contributed by atoms with Crippen LogP contribution in [0.1, 0.15) is 31.0 Å². The van der Waals surface area contributed by atoms with Gasteiger partial charge in [0.15, 0.2) is 0 Å². The van der Waals surface area contributed by atoms with Gasteiger partial charge in [-0.25, -0.2) is 0 Å². The summed E-state index contributed by atoms with van der Waals surface area (Å²) in [6.07, 6.45) is 1.16. The highest BCUT2D eigenvalue weighted by molar-refractivity contribution is 5.79. The highest BCUT2D eigenvalue weighted by atomic mass is 16.3. The molecule has 1 fully saturated rings. The van der Waals surface area contributed by atoms with Crippen molar-refractivity contribution in [2.75, 3.05) is 13.1 Å². The number of pyridine rings is 1. The van der Waals surface area contributed by atoms with Crippen LogP contribution in [-0.2, 0) is 10.4 Å². The van der Waals surface area contributed by atoms with Crippen LogP contribution >= 0.6 is 0 Å². The van der Waals surface area contributed by atoms with Crippen LogP contribution in [-0.4, -0.2) is 34.0 Å². The van der Waals surface area contributed by atoms with Crippen molar-refractivity contribution in [1.82, 2.24) is 9.88 Å². The molecule has 2 aromatic rings. The molecule has 0 saturated carbocycles. The van der Waals surface area contributed by atoms with Crippen molar-refractivity contribution in [3.8, 4) is 0 Å². The van der Waals surface area contributed by atoms with Crippen LogP contribution in [0.5, 0.6) is 0 Å². The molecule has 1 N–H and O–H groups in total. The molecule has 3 rings (SSSR count). The Labute approximate surface area is 124 Å². The molecule has 1 aliphatic rings. The summed E-state index contributed by atoms with van der Waals surface area (Å²) in [6.45, 7) is 4.76. The maximum atomic E-state index is 11.4. The van der Waals surface area contributed by atoms with Gasteiger partial charge in [-0.15, -0.1) is 0 Å². The molecule has 4 nitrogen and oxygen atoms in total. The lowest BCUT2D eigenvalue weighted by Gasteiger charge is -2.38. The standard InChI is InChI=1S/C17H20N2O2/c1-12-3-4-14-11-15(5-6-16(14)18-12)17(21)7-9-19(10-8-17)13(2)20/h3-6,11,21H,7-10H2,1-2H3. The fourth-order valence-corrected chi connectivity index (χ4v) is 3.00. The van der Waals surface area contributed by atoms with E-state index in [9.17, 15) is 9.90 Å². The first-order valence-corrected chi connectivity index (χ1v) is 7.34. The monoisotopic (exact) mass is 284 g/mol. The summed E-state index contributed by atoms with van der Waals surface area (Å²) in [4.78, 5) is 17.7. The van der Waals surface area contributed by atoms with Crippen LogP contribution in [0.2, 0.25) is 0 Å². The number of hydrogen-bond acceptors (Lipinski definition) is 3. The highest BCUT2D eigenvalue weighted by Crippen LogP contribution is 2.34. The third kappa shape index (κ3) is 2.63. The molecule has 0 spiro atoms. The molecular weight excluding hydrogens is 264 g/mol. The normalized spacial score (nSPS) is 18.0. The number of aromatic nitrogens is 1. The van der Waals surface area contributed by atoms with Crippen LogP contribution < -0.4 is 0 Å². The summed E-state index contributed by atoms with van der Waals surface area (Å²) >= 11 is 0. The van der Waals surface area contributed by atoms with Crippen molar-refractivity contribution < 1.29 is 9.90 Å². The first kappa shape index (κ1) is 14.0. The van der Waals surface area contributed by atoms with Crippen LogP contribution in [0.4, 0.5) is 0 Å². The van der Waals surface area contributed by atoms with Gasteiger partial charge in [0, 0.05) is 31.1 Å². The van der Waals surface area contributed by atoms with Crippen molar-refractivity contribution in [2.24, 2.45) is 0 Å². The molecule has 0 aliphatic carbocycles. The lowest BCUT2D eigenvalue weighted by Crippen LogP contribution is -2.44. The molecule has 110 valence electrons. The molecule has 1 aliphatic heterocycles. The van der Waals surface area contributed by atoms with Gasteiger partial charge in [-0.2, -0.15) is 0 Å².